The van der Waals surface area contributed by atoms with Crippen molar-refractivity contribution in [3.63, 3.8) is 0 Å². The minimum atomic E-state index is -1.75. The van der Waals surface area contributed by atoms with Crippen LogP contribution in [0.2, 0.25) is 0 Å². The van der Waals surface area contributed by atoms with Gasteiger partial charge in [-0.05, 0) is 24.3 Å². The molecule has 29 heteroatoms. The van der Waals surface area contributed by atoms with Gasteiger partial charge in [0, 0.05) is 12.4 Å². The van der Waals surface area contributed by atoms with Gasteiger partial charge in [-0.3, -0.25) is 9.97 Å². The molecule has 0 fully saturated rings. The van der Waals surface area contributed by atoms with Crippen LogP contribution < -0.4 is 0 Å². The first-order valence-corrected chi connectivity index (χ1v) is 7.08. The van der Waals surface area contributed by atoms with Gasteiger partial charge in [-0.15, -0.1) is 0 Å². The fraction of sp³-hybridized carbons (Fsp3) is 0. The minimum Gasteiger partial charge on any atom is -0.356 e. The molecule has 0 aliphatic rings. The molecule has 39 heavy (non-hydrogen) atoms. The standard InChI is InChI=1S/C10H8N2.3Cu.6NO3/c1-3-7-11-9(5-1)10-6-2-4-8-12-10;;;;6*2-1(3)4/h1-8H;;;;;;;;;/q;3*+2;6*-1. The normalized spacial score (nSPS) is 6.67. The number of nitrogens with zero attached hydrogens (tertiary/aromatic N) is 8. The molecule has 0 saturated carbocycles. The zero-order valence-electron chi connectivity index (χ0n) is 17.4. The second-order valence-electron chi connectivity index (χ2n) is 3.77. The minimum absolute atomic E-state index is 0. The van der Waals surface area contributed by atoms with E-state index in [0.717, 1.165) is 11.4 Å². The largest absolute Gasteiger partial charge is 2.00 e. The molecule has 2 aromatic rings. The van der Waals surface area contributed by atoms with E-state index in [1.54, 1.807) is 12.4 Å². The Balaban J connectivity index is -0.0000000514. The van der Waals surface area contributed by atoms with Gasteiger partial charge in [-0.25, -0.2) is 0 Å². The Morgan fingerprint density at radius 2 is 0.538 bits per heavy atom. The summed E-state index contributed by atoms with van der Waals surface area (Å²) in [5.41, 5.74) is 1.83. The van der Waals surface area contributed by atoms with Crippen molar-refractivity contribution in [1.82, 2.24) is 9.97 Å². The topological polar surface area (TPSA) is 423 Å². The molecule has 0 saturated heterocycles. The summed E-state index contributed by atoms with van der Waals surface area (Å²) in [4.78, 5) is 57.9. The Hall–Kier alpha value is -4.94. The van der Waals surface area contributed by atoms with Crippen LogP contribution in [0.15, 0.2) is 48.8 Å². The Labute approximate surface area is 243 Å². The molecule has 2 heterocycles. The number of hydrogen-bond donors (Lipinski definition) is 0. The maximum atomic E-state index is 8.25. The first kappa shape index (κ1) is 54.8. The Morgan fingerprint density at radius 1 is 0.385 bits per heavy atom. The van der Waals surface area contributed by atoms with Gasteiger partial charge in [0.1, 0.15) is 0 Å². The van der Waals surface area contributed by atoms with Gasteiger partial charge in [-0.2, -0.15) is 0 Å². The molecule has 0 N–H and O–H groups in total. The zero-order chi connectivity index (χ0) is 29.7. The molecule has 3 radical (unpaired) electrons. The summed E-state index contributed by atoms with van der Waals surface area (Å²) in [5.74, 6) is 0. The number of hydrogen-bond acceptors (Lipinski definition) is 20. The summed E-state index contributed by atoms with van der Waals surface area (Å²) in [6, 6.07) is 11.6. The second-order valence-corrected chi connectivity index (χ2v) is 3.77. The van der Waals surface area contributed by atoms with Crippen LogP contribution in [0.25, 0.3) is 11.4 Å². The molecular formula is C10H8Cu3N8O18. The van der Waals surface area contributed by atoms with Gasteiger partial charge in [-0.1, -0.05) is 12.1 Å². The monoisotopic (exact) mass is 717 g/mol. The molecular weight excluding hydrogens is 711 g/mol. The van der Waals surface area contributed by atoms with Crippen LogP contribution >= 0.6 is 0 Å². The number of pyridine rings is 2. The maximum absolute atomic E-state index is 8.25. The van der Waals surface area contributed by atoms with E-state index in [2.05, 4.69) is 9.97 Å². The number of aromatic nitrogens is 2. The van der Waals surface area contributed by atoms with Crippen LogP contribution in [0.5, 0.6) is 0 Å². The van der Waals surface area contributed by atoms with Crippen molar-refractivity contribution in [2.45, 2.75) is 0 Å². The molecule has 0 bridgehead atoms. The van der Waals surface area contributed by atoms with Crippen molar-refractivity contribution < 1.29 is 81.7 Å². The molecule has 0 spiro atoms. The molecule has 0 unspecified atom stereocenters. The van der Waals surface area contributed by atoms with E-state index in [1.807, 2.05) is 36.4 Å². The maximum Gasteiger partial charge on any atom is 2.00 e. The van der Waals surface area contributed by atoms with Gasteiger partial charge in [0.25, 0.3) is 0 Å². The third-order valence-corrected chi connectivity index (χ3v) is 1.59. The average Bonchev–Trinajstić information content (AvgIpc) is 2.67. The van der Waals surface area contributed by atoms with E-state index in [9.17, 15) is 0 Å². The second kappa shape index (κ2) is 40.2. The van der Waals surface area contributed by atoms with Crippen molar-refractivity contribution in [2.75, 3.05) is 0 Å². The summed E-state index contributed by atoms with van der Waals surface area (Å²) in [6.07, 6.45) is 3.54. The van der Waals surface area contributed by atoms with Crippen LogP contribution in [0.4, 0.5) is 0 Å². The van der Waals surface area contributed by atoms with E-state index in [-0.39, 0.29) is 51.2 Å². The molecule has 2 aromatic heterocycles. The van der Waals surface area contributed by atoms with E-state index < -0.39 is 30.5 Å². The Kier molecular flexibility index (Phi) is 56.6. The van der Waals surface area contributed by atoms with E-state index in [1.165, 1.54) is 0 Å². The smallest absolute Gasteiger partial charge is 0.356 e. The van der Waals surface area contributed by atoms with Crippen molar-refractivity contribution >= 4 is 0 Å². The molecule has 0 aliphatic heterocycles. The third kappa shape index (κ3) is 141. The molecule has 229 valence electrons. The molecule has 26 nitrogen and oxygen atoms in total. The predicted molar refractivity (Wildman–Crippen MR) is 110 cm³/mol. The summed E-state index contributed by atoms with van der Waals surface area (Å²) >= 11 is 0. The predicted octanol–water partition coefficient (Wildman–Crippen LogP) is 0.701. The first-order valence-electron chi connectivity index (χ1n) is 7.08. The van der Waals surface area contributed by atoms with E-state index >= 15 is 0 Å². The van der Waals surface area contributed by atoms with Crippen LogP contribution in [-0.2, 0) is 51.2 Å². The van der Waals surface area contributed by atoms with Gasteiger partial charge >= 0.3 is 51.2 Å². The SMILES string of the molecule is O=[N+]([O-])[O-].O=[N+]([O-])[O-].O=[N+]([O-])[O-].O=[N+]([O-])[O-].O=[N+]([O-])[O-].O=[N+]([O-])[O-].[Cu+2].[Cu+2].[Cu+2].c1ccc(-c2ccccn2)nc1. The van der Waals surface area contributed by atoms with Crippen molar-refractivity contribution in [2.24, 2.45) is 0 Å². The average molecular weight is 719 g/mol. The molecule has 2 rings (SSSR count). The van der Waals surface area contributed by atoms with Crippen LogP contribution in [-0.4, -0.2) is 40.5 Å². The summed E-state index contributed by atoms with van der Waals surface area (Å²) in [5, 5.41) is 88.5. The molecule has 0 atom stereocenters. The Morgan fingerprint density at radius 3 is 0.641 bits per heavy atom. The van der Waals surface area contributed by atoms with Crippen LogP contribution in [0.1, 0.15) is 0 Å². The van der Waals surface area contributed by atoms with Crippen molar-refractivity contribution in [3.05, 3.63) is 141 Å². The van der Waals surface area contributed by atoms with Crippen LogP contribution in [0.3, 0.4) is 0 Å². The summed E-state index contributed by atoms with van der Waals surface area (Å²) < 4.78 is 0. The van der Waals surface area contributed by atoms with Crippen molar-refractivity contribution in [3.8, 4) is 11.4 Å². The van der Waals surface area contributed by atoms with Crippen LogP contribution in [0, 0.1) is 91.9 Å². The Bertz CT molecular complexity index is 745. The fourth-order valence-corrected chi connectivity index (χ4v) is 1.03. The fourth-order valence-electron chi connectivity index (χ4n) is 1.03. The van der Waals surface area contributed by atoms with Gasteiger partial charge in [0.05, 0.1) is 41.9 Å². The molecule has 0 aromatic carbocycles. The summed E-state index contributed by atoms with van der Waals surface area (Å²) in [6.45, 7) is 0. The van der Waals surface area contributed by atoms with Gasteiger partial charge < -0.3 is 91.9 Å². The quantitative estimate of drug-likeness (QED) is 0.222. The van der Waals surface area contributed by atoms with Crippen molar-refractivity contribution in [1.29, 1.82) is 0 Å². The molecule has 0 aliphatic carbocycles. The number of rotatable bonds is 1. The van der Waals surface area contributed by atoms with Gasteiger partial charge in [0.2, 0.25) is 0 Å². The van der Waals surface area contributed by atoms with E-state index in [0.29, 0.717) is 0 Å². The van der Waals surface area contributed by atoms with E-state index in [4.69, 9.17) is 91.9 Å². The first-order chi connectivity index (χ1) is 16.4. The zero-order valence-corrected chi connectivity index (χ0v) is 20.3. The summed E-state index contributed by atoms with van der Waals surface area (Å²) in [7, 11) is 0. The van der Waals surface area contributed by atoms with Gasteiger partial charge in [0.15, 0.2) is 0 Å². The molecule has 0 amide bonds. The third-order valence-electron chi connectivity index (χ3n) is 1.59.